The van der Waals surface area contributed by atoms with Crippen LogP contribution in [0.5, 0.6) is 0 Å². The van der Waals surface area contributed by atoms with Gasteiger partial charge in [-0.2, -0.15) is 0 Å². The Labute approximate surface area is 164 Å². The Morgan fingerprint density at radius 1 is 1.07 bits per heavy atom. The Morgan fingerprint density at radius 2 is 1.82 bits per heavy atom. The fourth-order valence-electron chi connectivity index (χ4n) is 3.49. The molecule has 0 bridgehead atoms. The van der Waals surface area contributed by atoms with Crippen LogP contribution in [0.1, 0.15) is 27.3 Å². The molecule has 1 aliphatic rings. The zero-order chi connectivity index (χ0) is 19.5. The highest BCUT2D eigenvalue weighted by molar-refractivity contribution is 5.96. The van der Waals surface area contributed by atoms with E-state index in [2.05, 4.69) is 44.5 Å². The van der Waals surface area contributed by atoms with Crippen molar-refractivity contribution >= 4 is 23.3 Å². The molecule has 2 aromatic carbocycles. The highest BCUT2D eigenvalue weighted by atomic mass is 16.5. The molecular formula is C22H22N4O2. The zero-order valence-electron chi connectivity index (χ0n) is 16.0. The number of carbonyl (C=O) groups excluding carboxylic acids is 1. The van der Waals surface area contributed by atoms with Crippen LogP contribution < -0.4 is 10.2 Å². The molecule has 0 unspecified atom stereocenters. The average Bonchev–Trinajstić information content (AvgIpc) is 2.73. The van der Waals surface area contributed by atoms with Crippen molar-refractivity contribution < 1.29 is 9.53 Å². The van der Waals surface area contributed by atoms with Crippen molar-refractivity contribution in [3.05, 3.63) is 77.1 Å². The molecule has 3 aromatic rings. The number of fused-ring (bicyclic) bond motifs is 1. The summed E-state index contributed by atoms with van der Waals surface area (Å²) >= 11 is 0. The van der Waals surface area contributed by atoms with Crippen molar-refractivity contribution in [1.29, 1.82) is 0 Å². The van der Waals surface area contributed by atoms with Crippen LogP contribution in [0.3, 0.4) is 0 Å². The number of esters is 1. The van der Waals surface area contributed by atoms with E-state index in [0.717, 1.165) is 25.3 Å². The van der Waals surface area contributed by atoms with Crippen molar-refractivity contribution in [2.24, 2.45) is 0 Å². The van der Waals surface area contributed by atoms with E-state index in [4.69, 9.17) is 4.74 Å². The highest BCUT2D eigenvalue weighted by Gasteiger charge is 2.19. The van der Waals surface area contributed by atoms with E-state index in [-0.39, 0.29) is 5.97 Å². The summed E-state index contributed by atoms with van der Waals surface area (Å²) in [6.07, 6.45) is 0.993. The maximum Gasteiger partial charge on any atom is 0.339 e. The largest absolute Gasteiger partial charge is 0.465 e. The summed E-state index contributed by atoms with van der Waals surface area (Å²) in [7, 11) is 1.38. The van der Waals surface area contributed by atoms with Crippen molar-refractivity contribution in [3.8, 4) is 0 Å². The lowest BCUT2D eigenvalue weighted by atomic mass is 10.00. The van der Waals surface area contributed by atoms with Crippen LogP contribution in [0.25, 0.3) is 0 Å². The molecule has 1 aromatic heterocycles. The minimum Gasteiger partial charge on any atom is -0.465 e. The average molecular weight is 374 g/mol. The standard InChI is InChI=1S/C22H22N4O2/c1-15-23-20(25-19-10-6-5-9-18(19)22(27)28-2)13-21(24-15)26-12-11-16-7-3-4-8-17(16)14-26/h3-10,13H,11-12,14H2,1-2H3,(H,23,24,25). The van der Waals surface area contributed by atoms with Gasteiger partial charge in [-0.15, -0.1) is 0 Å². The molecule has 6 nitrogen and oxygen atoms in total. The van der Waals surface area contributed by atoms with E-state index in [1.807, 2.05) is 25.1 Å². The predicted molar refractivity (Wildman–Crippen MR) is 109 cm³/mol. The lowest BCUT2D eigenvalue weighted by molar-refractivity contribution is 0.0602. The van der Waals surface area contributed by atoms with E-state index in [1.54, 1.807) is 12.1 Å². The van der Waals surface area contributed by atoms with Gasteiger partial charge in [0.25, 0.3) is 0 Å². The predicted octanol–water partition coefficient (Wildman–Crippen LogP) is 3.88. The van der Waals surface area contributed by atoms with Crippen LogP contribution in [-0.2, 0) is 17.7 Å². The Bertz CT molecular complexity index is 1020. The number of aromatic nitrogens is 2. The van der Waals surface area contributed by atoms with Crippen molar-refractivity contribution in [3.63, 3.8) is 0 Å². The SMILES string of the molecule is COC(=O)c1ccccc1Nc1cc(N2CCc3ccccc3C2)nc(C)n1. The molecule has 1 aliphatic heterocycles. The van der Waals surface area contributed by atoms with Crippen molar-refractivity contribution in [2.75, 3.05) is 23.9 Å². The zero-order valence-corrected chi connectivity index (χ0v) is 16.0. The quantitative estimate of drug-likeness (QED) is 0.699. The number of benzene rings is 2. The molecule has 0 atom stereocenters. The van der Waals surface area contributed by atoms with Gasteiger partial charge in [0.2, 0.25) is 0 Å². The molecule has 1 N–H and O–H groups in total. The molecule has 0 radical (unpaired) electrons. The summed E-state index contributed by atoms with van der Waals surface area (Å²) < 4.78 is 4.87. The van der Waals surface area contributed by atoms with Crippen LogP contribution in [0.4, 0.5) is 17.3 Å². The molecular weight excluding hydrogens is 352 g/mol. The first-order valence-corrected chi connectivity index (χ1v) is 9.26. The summed E-state index contributed by atoms with van der Waals surface area (Å²) in [4.78, 5) is 23.4. The normalized spacial score (nSPS) is 13.0. The van der Waals surface area contributed by atoms with Crippen LogP contribution >= 0.6 is 0 Å². The number of aryl methyl sites for hydroxylation is 1. The molecule has 4 rings (SSSR count). The lowest BCUT2D eigenvalue weighted by Crippen LogP contribution is -2.31. The summed E-state index contributed by atoms with van der Waals surface area (Å²) in [5.74, 6) is 1.81. The first-order chi connectivity index (χ1) is 13.6. The number of ether oxygens (including phenoxy) is 1. The van der Waals surface area contributed by atoms with Crippen LogP contribution in [0, 0.1) is 6.92 Å². The molecule has 0 saturated heterocycles. The van der Waals surface area contributed by atoms with Gasteiger partial charge >= 0.3 is 5.97 Å². The number of hydrogen-bond acceptors (Lipinski definition) is 6. The topological polar surface area (TPSA) is 67.3 Å². The molecule has 0 spiro atoms. The number of nitrogens with one attached hydrogen (secondary N) is 1. The number of carbonyl (C=O) groups is 1. The molecule has 6 heteroatoms. The lowest BCUT2D eigenvalue weighted by Gasteiger charge is -2.30. The minimum atomic E-state index is -0.387. The second-order valence-electron chi connectivity index (χ2n) is 6.76. The highest BCUT2D eigenvalue weighted by Crippen LogP contribution is 2.26. The van der Waals surface area contributed by atoms with Crippen molar-refractivity contribution in [1.82, 2.24) is 9.97 Å². The number of rotatable bonds is 4. The third-order valence-corrected chi connectivity index (χ3v) is 4.87. The van der Waals surface area contributed by atoms with Crippen molar-refractivity contribution in [2.45, 2.75) is 19.9 Å². The number of anilines is 3. The van der Waals surface area contributed by atoms with E-state index in [0.29, 0.717) is 22.9 Å². The number of hydrogen-bond donors (Lipinski definition) is 1. The number of para-hydroxylation sites is 1. The molecule has 2 heterocycles. The minimum absolute atomic E-state index is 0.387. The number of methoxy groups -OCH3 is 1. The van der Waals surface area contributed by atoms with Crippen LogP contribution in [0.15, 0.2) is 54.6 Å². The van der Waals surface area contributed by atoms with E-state index < -0.39 is 0 Å². The first-order valence-electron chi connectivity index (χ1n) is 9.26. The molecule has 0 amide bonds. The van der Waals surface area contributed by atoms with Gasteiger partial charge in [0.1, 0.15) is 17.5 Å². The van der Waals surface area contributed by atoms with Gasteiger partial charge in [0, 0.05) is 19.2 Å². The fourth-order valence-corrected chi connectivity index (χ4v) is 3.49. The summed E-state index contributed by atoms with van der Waals surface area (Å²) in [6, 6.07) is 17.7. The van der Waals surface area contributed by atoms with E-state index in [9.17, 15) is 4.79 Å². The Hall–Kier alpha value is -3.41. The van der Waals surface area contributed by atoms with Gasteiger partial charge in [0.05, 0.1) is 18.4 Å². The van der Waals surface area contributed by atoms with Gasteiger partial charge in [-0.25, -0.2) is 14.8 Å². The maximum absolute atomic E-state index is 12.0. The van der Waals surface area contributed by atoms with Gasteiger partial charge in [-0.05, 0) is 36.6 Å². The first kappa shape index (κ1) is 18.0. The molecule has 0 fully saturated rings. The number of nitrogens with zero attached hydrogens (tertiary/aromatic N) is 3. The Morgan fingerprint density at radius 3 is 2.64 bits per heavy atom. The third kappa shape index (κ3) is 3.67. The molecule has 28 heavy (non-hydrogen) atoms. The maximum atomic E-state index is 12.0. The Kier molecular flexibility index (Phi) is 4.93. The molecule has 0 aliphatic carbocycles. The smallest absolute Gasteiger partial charge is 0.339 e. The molecule has 0 saturated carbocycles. The second kappa shape index (κ2) is 7.68. The van der Waals surface area contributed by atoms with Crippen LogP contribution in [-0.4, -0.2) is 29.6 Å². The summed E-state index contributed by atoms with van der Waals surface area (Å²) in [5.41, 5.74) is 3.85. The fraction of sp³-hybridized carbons (Fsp3) is 0.227. The van der Waals surface area contributed by atoms with E-state index in [1.165, 1.54) is 18.2 Å². The monoisotopic (exact) mass is 374 g/mol. The summed E-state index contributed by atoms with van der Waals surface area (Å²) in [6.45, 7) is 3.61. The summed E-state index contributed by atoms with van der Waals surface area (Å²) in [5, 5.41) is 3.25. The van der Waals surface area contributed by atoms with Gasteiger partial charge in [0.15, 0.2) is 0 Å². The van der Waals surface area contributed by atoms with Gasteiger partial charge in [-0.3, -0.25) is 0 Å². The molecule has 142 valence electrons. The second-order valence-corrected chi connectivity index (χ2v) is 6.76. The Balaban J connectivity index is 1.62. The van der Waals surface area contributed by atoms with Gasteiger partial charge < -0.3 is 15.0 Å². The van der Waals surface area contributed by atoms with Crippen LogP contribution in [0.2, 0.25) is 0 Å². The van der Waals surface area contributed by atoms with E-state index >= 15 is 0 Å². The van der Waals surface area contributed by atoms with Gasteiger partial charge in [-0.1, -0.05) is 36.4 Å². The third-order valence-electron chi connectivity index (χ3n) is 4.87.